The first-order valence-corrected chi connectivity index (χ1v) is 9.75. The first-order chi connectivity index (χ1) is 13.4. The van der Waals surface area contributed by atoms with E-state index in [4.69, 9.17) is 11.5 Å². The number of anilines is 4. The van der Waals surface area contributed by atoms with Crippen LogP contribution in [0.1, 0.15) is 38.5 Å². The number of carbonyl (C=O) groups excluding carboxylic acids is 2. The maximum atomic E-state index is 13.0. The molecule has 6 heteroatoms. The van der Waals surface area contributed by atoms with E-state index in [9.17, 15) is 9.59 Å². The zero-order valence-corrected chi connectivity index (χ0v) is 15.8. The summed E-state index contributed by atoms with van der Waals surface area (Å²) in [6, 6.07) is 14.4. The number of carbonyl (C=O) groups is 2. The first-order valence-electron chi connectivity index (χ1n) is 9.75. The maximum absolute atomic E-state index is 13.0. The van der Waals surface area contributed by atoms with Gasteiger partial charge in [0.25, 0.3) is 0 Å². The second-order valence-corrected chi connectivity index (χ2v) is 8.21. The van der Waals surface area contributed by atoms with Crippen molar-refractivity contribution in [3.8, 4) is 0 Å². The largest absolute Gasteiger partial charge is 0.399 e. The lowest BCUT2D eigenvalue weighted by molar-refractivity contribution is -0.144. The van der Waals surface area contributed by atoms with Crippen molar-refractivity contribution >= 4 is 34.6 Å². The molecule has 0 aromatic heterocycles. The van der Waals surface area contributed by atoms with Gasteiger partial charge in [-0.25, -0.2) is 0 Å². The number of fused-ring (bicyclic) bond motifs is 3. The molecule has 2 amide bonds. The van der Waals surface area contributed by atoms with E-state index in [1.54, 1.807) is 24.3 Å². The Morgan fingerprint density at radius 1 is 0.607 bits per heavy atom. The molecule has 0 spiro atoms. The smallest absolute Gasteiger partial charge is 0.230 e. The topological polar surface area (TPSA) is 110 Å². The number of rotatable bonds is 4. The molecule has 0 aliphatic heterocycles. The molecular formula is C22H26N4O2. The fourth-order valence-corrected chi connectivity index (χ4v) is 4.53. The molecule has 0 unspecified atom stereocenters. The Morgan fingerprint density at radius 2 is 0.893 bits per heavy atom. The van der Waals surface area contributed by atoms with Gasteiger partial charge in [-0.2, -0.15) is 0 Å². The van der Waals surface area contributed by atoms with Crippen molar-refractivity contribution in [2.24, 2.45) is 10.8 Å². The minimum Gasteiger partial charge on any atom is -0.399 e. The van der Waals surface area contributed by atoms with Crippen molar-refractivity contribution in [1.29, 1.82) is 0 Å². The van der Waals surface area contributed by atoms with Crippen LogP contribution in [0.3, 0.4) is 0 Å². The predicted molar refractivity (Wildman–Crippen MR) is 112 cm³/mol. The van der Waals surface area contributed by atoms with Crippen LogP contribution in [0.2, 0.25) is 0 Å². The van der Waals surface area contributed by atoms with Crippen molar-refractivity contribution < 1.29 is 9.59 Å². The van der Waals surface area contributed by atoms with Crippen LogP contribution in [-0.2, 0) is 9.59 Å². The summed E-state index contributed by atoms with van der Waals surface area (Å²) in [5.41, 5.74) is 13.5. The lowest BCUT2D eigenvalue weighted by atomic mass is 9.53. The molecule has 0 heterocycles. The van der Waals surface area contributed by atoms with Crippen LogP contribution in [0.4, 0.5) is 22.7 Å². The van der Waals surface area contributed by atoms with Gasteiger partial charge in [0, 0.05) is 33.6 Å². The van der Waals surface area contributed by atoms with Crippen LogP contribution in [0.15, 0.2) is 48.5 Å². The summed E-state index contributed by atoms with van der Waals surface area (Å²) >= 11 is 0. The minimum atomic E-state index is -0.370. The standard InChI is InChI=1S/C22H26N4O2/c23-15-1-5-17(6-2-15)25-19(27)21-9-12-22(13-10-21,14-11-21)20(28)26-18-7-3-16(24)4-8-18/h1-8H,9-14,23-24H2,(H,25,27)(H,26,28). The molecule has 3 saturated carbocycles. The summed E-state index contributed by atoms with van der Waals surface area (Å²) in [4.78, 5) is 25.9. The molecule has 6 nitrogen and oxygen atoms in total. The molecule has 0 radical (unpaired) electrons. The van der Waals surface area contributed by atoms with E-state index < -0.39 is 0 Å². The molecule has 28 heavy (non-hydrogen) atoms. The third-order valence-corrected chi connectivity index (χ3v) is 6.55. The summed E-state index contributed by atoms with van der Waals surface area (Å²) in [5, 5.41) is 6.07. The maximum Gasteiger partial charge on any atom is 0.230 e. The second kappa shape index (κ2) is 6.86. The average molecular weight is 378 g/mol. The van der Waals surface area contributed by atoms with E-state index in [2.05, 4.69) is 10.6 Å². The highest BCUT2D eigenvalue weighted by Gasteiger charge is 2.55. The van der Waals surface area contributed by atoms with Gasteiger partial charge < -0.3 is 22.1 Å². The Kier molecular flexibility index (Phi) is 4.49. The molecule has 2 bridgehead atoms. The van der Waals surface area contributed by atoms with Crippen LogP contribution in [0, 0.1) is 10.8 Å². The van der Waals surface area contributed by atoms with Gasteiger partial charge in [-0.3, -0.25) is 9.59 Å². The van der Waals surface area contributed by atoms with Crippen molar-refractivity contribution in [2.75, 3.05) is 22.1 Å². The summed E-state index contributed by atoms with van der Waals surface area (Å²) < 4.78 is 0. The van der Waals surface area contributed by atoms with E-state index in [-0.39, 0.29) is 22.6 Å². The van der Waals surface area contributed by atoms with Gasteiger partial charge in [0.1, 0.15) is 0 Å². The number of amides is 2. The number of hydrogen-bond donors (Lipinski definition) is 4. The fourth-order valence-electron chi connectivity index (χ4n) is 4.53. The fraction of sp³-hybridized carbons (Fsp3) is 0.364. The molecule has 0 atom stereocenters. The molecule has 146 valence electrons. The Bertz CT molecular complexity index is 790. The van der Waals surface area contributed by atoms with Gasteiger partial charge in [0.05, 0.1) is 0 Å². The van der Waals surface area contributed by atoms with Crippen LogP contribution in [0.25, 0.3) is 0 Å². The van der Waals surface area contributed by atoms with Crippen molar-refractivity contribution in [3.05, 3.63) is 48.5 Å². The monoisotopic (exact) mass is 378 g/mol. The van der Waals surface area contributed by atoms with Crippen LogP contribution >= 0.6 is 0 Å². The van der Waals surface area contributed by atoms with E-state index in [1.165, 1.54) is 0 Å². The normalized spacial score (nSPS) is 25.9. The summed E-state index contributed by atoms with van der Waals surface area (Å²) in [5.74, 6) is 0.119. The third-order valence-electron chi connectivity index (χ3n) is 6.55. The molecule has 3 aliphatic carbocycles. The Hall–Kier alpha value is -3.02. The summed E-state index contributed by atoms with van der Waals surface area (Å²) in [7, 11) is 0. The molecular weight excluding hydrogens is 352 g/mol. The molecule has 2 aromatic carbocycles. The van der Waals surface area contributed by atoms with Gasteiger partial charge in [-0.05, 0) is 87.1 Å². The zero-order chi connectivity index (χ0) is 19.8. The molecule has 3 fully saturated rings. The van der Waals surface area contributed by atoms with E-state index in [1.807, 2.05) is 24.3 Å². The van der Waals surface area contributed by atoms with E-state index in [0.717, 1.165) is 49.9 Å². The number of hydrogen-bond acceptors (Lipinski definition) is 4. The molecule has 2 aromatic rings. The zero-order valence-electron chi connectivity index (χ0n) is 15.8. The Balaban J connectivity index is 1.41. The number of nitrogens with two attached hydrogens (primary N) is 2. The second-order valence-electron chi connectivity index (χ2n) is 8.21. The van der Waals surface area contributed by atoms with Crippen LogP contribution < -0.4 is 22.1 Å². The summed E-state index contributed by atoms with van der Waals surface area (Å²) in [6.45, 7) is 0. The Morgan fingerprint density at radius 3 is 1.18 bits per heavy atom. The molecule has 3 aliphatic rings. The minimum absolute atomic E-state index is 0.0597. The van der Waals surface area contributed by atoms with Crippen molar-refractivity contribution in [3.63, 3.8) is 0 Å². The Labute approximate surface area is 164 Å². The highest BCUT2D eigenvalue weighted by molar-refractivity contribution is 5.98. The van der Waals surface area contributed by atoms with Gasteiger partial charge in [-0.15, -0.1) is 0 Å². The highest BCUT2D eigenvalue weighted by Crippen LogP contribution is 2.57. The first kappa shape index (κ1) is 18.3. The highest BCUT2D eigenvalue weighted by atomic mass is 16.2. The van der Waals surface area contributed by atoms with Gasteiger partial charge in [-0.1, -0.05) is 0 Å². The quantitative estimate of drug-likeness (QED) is 0.607. The summed E-state index contributed by atoms with van der Waals surface area (Å²) in [6.07, 6.45) is 4.43. The third kappa shape index (κ3) is 3.30. The van der Waals surface area contributed by atoms with Crippen LogP contribution in [0.5, 0.6) is 0 Å². The SMILES string of the molecule is Nc1ccc(NC(=O)C23CCC(C(=O)Nc4ccc(N)cc4)(CC2)CC3)cc1. The molecule has 0 saturated heterocycles. The lowest BCUT2D eigenvalue weighted by Crippen LogP contribution is -2.52. The van der Waals surface area contributed by atoms with Crippen LogP contribution in [-0.4, -0.2) is 11.8 Å². The van der Waals surface area contributed by atoms with Crippen molar-refractivity contribution in [2.45, 2.75) is 38.5 Å². The molecule has 5 rings (SSSR count). The number of nitrogen functional groups attached to an aromatic ring is 2. The van der Waals surface area contributed by atoms with Gasteiger partial charge in [0.2, 0.25) is 11.8 Å². The number of nitrogens with one attached hydrogen (secondary N) is 2. The van der Waals surface area contributed by atoms with Crippen molar-refractivity contribution in [1.82, 2.24) is 0 Å². The van der Waals surface area contributed by atoms with E-state index in [0.29, 0.717) is 11.4 Å². The molecule has 6 N–H and O–H groups in total. The van der Waals surface area contributed by atoms with E-state index >= 15 is 0 Å². The van der Waals surface area contributed by atoms with Gasteiger partial charge >= 0.3 is 0 Å². The van der Waals surface area contributed by atoms with Gasteiger partial charge in [0.15, 0.2) is 0 Å². The number of benzene rings is 2. The predicted octanol–water partition coefficient (Wildman–Crippen LogP) is 3.77. The average Bonchev–Trinajstić information content (AvgIpc) is 2.72. The lowest BCUT2D eigenvalue weighted by Gasteiger charge is -2.51.